The minimum absolute atomic E-state index is 0.261. The van der Waals surface area contributed by atoms with E-state index in [1.54, 1.807) is 6.07 Å². The molecule has 0 atom stereocenters. The molecule has 16 heavy (non-hydrogen) atoms. The van der Waals surface area contributed by atoms with Crippen molar-refractivity contribution in [3.05, 3.63) is 40.2 Å². The van der Waals surface area contributed by atoms with Gasteiger partial charge in [0.2, 0.25) is 0 Å². The Balaban J connectivity index is 2.71. The normalized spacial score (nSPS) is 10.7. The van der Waals surface area contributed by atoms with Gasteiger partial charge in [0, 0.05) is 0 Å². The Morgan fingerprint density at radius 1 is 1.56 bits per heavy atom. The summed E-state index contributed by atoms with van der Waals surface area (Å²) in [6.07, 6.45) is 0. The van der Waals surface area contributed by atoms with Crippen LogP contribution in [0, 0.1) is 17.5 Å². The van der Waals surface area contributed by atoms with E-state index in [2.05, 4.69) is 10.2 Å². The van der Waals surface area contributed by atoms with Crippen molar-refractivity contribution in [2.24, 2.45) is 0 Å². The highest BCUT2D eigenvalue weighted by Gasteiger charge is 2.10. The summed E-state index contributed by atoms with van der Waals surface area (Å²) in [7, 11) is 0. The molecule has 0 amide bonds. The van der Waals surface area contributed by atoms with Crippen molar-refractivity contribution in [2.45, 2.75) is 13.5 Å². The number of H-pyrrole nitrogens is 1. The molecule has 0 spiro atoms. The number of halogens is 1. The first-order valence-corrected chi connectivity index (χ1v) is 5.08. The molecule has 0 bridgehead atoms. The Morgan fingerprint density at radius 2 is 2.31 bits per heavy atom. The zero-order valence-corrected chi connectivity index (χ0v) is 9.38. The Bertz CT molecular complexity index is 576. The van der Waals surface area contributed by atoms with Crippen molar-refractivity contribution in [3.63, 3.8) is 0 Å². The molecule has 84 valence electrons. The summed E-state index contributed by atoms with van der Waals surface area (Å²) >= 11 is 5.04. The largest absolute Gasteiger partial charge is 0.388 e. The Kier molecular flexibility index (Phi) is 2.84. The second-order valence-corrected chi connectivity index (χ2v) is 3.76. The summed E-state index contributed by atoms with van der Waals surface area (Å²) in [4.78, 5) is 0. The lowest BCUT2D eigenvalue weighted by atomic mass is 10.2. The quantitative estimate of drug-likeness (QED) is 0.787. The fourth-order valence-electron chi connectivity index (χ4n) is 1.51. The molecular formula is C10H10FN3OS. The fourth-order valence-corrected chi connectivity index (χ4v) is 1.76. The third-order valence-electron chi connectivity index (χ3n) is 2.30. The van der Waals surface area contributed by atoms with Crippen LogP contribution in [0.4, 0.5) is 4.39 Å². The van der Waals surface area contributed by atoms with Crippen LogP contribution < -0.4 is 0 Å². The number of aliphatic hydroxyl groups is 1. The lowest BCUT2D eigenvalue weighted by Gasteiger charge is -2.08. The predicted molar refractivity (Wildman–Crippen MR) is 59.4 cm³/mol. The highest BCUT2D eigenvalue weighted by molar-refractivity contribution is 7.71. The van der Waals surface area contributed by atoms with Crippen LogP contribution in [-0.2, 0) is 6.61 Å². The molecule has 1 aromatic heterocycles. The topological polar surface area (TPSA) is 53.8 Å². The van der Waals surface area contributed by atoms with Crippen molar-refractivity contribution in [2.75, 3.05) is 0 Å². The minimum atomic E-state index is -0.354. The highest BCUT2D eigenvalue weighted by atomic mass is 32.1. The summed E-state index contributed by atoms with van der Waals surface area (Å²) in [5.74, 6) is 0.00582. The first-order chi connectivity index (χ1) is 7.63. The Labute approximate surface area is 96.4 Å². The zero-order chi connectivity index (χ0) is 11.7. The molecule has 0 aliphatic rings. The van der Waals surface area contributed by atoms with E-state index in [1.165, 1.54) is 16.7 Å². The number of hydrogen-bond acceptors (Lipinski definition) is 3. The van der Waals surface area contributed by atoms with Gasteiger partial charge in [-0.25, -0.2) is 4.39 Å². The molecule has 0 unspecified atom stereocenters. The van der Waals surface area contributed by atoms with Crippen LogP contribution >= 0.6 is 12.2 Å². The SMILES string of the molecule is Cc1ccc(F)cc1-n1c(CO)n[nH]c1=S. The summed E-state index contributed by atoms with van der Waals surface area (Å²) < 4.78 is 15.0. The predicted octanol–water partition coefficient (Wildman–Crippen LogP) is 1.87. The van der Waals surface area contributed by atoms with E-state index in [4.69, 9.17) is 17.3 Å². The van der Waals surface area contributed by atoms with Crippen molar-refractivity contribution >= 4 is 12.2 Å². The lowest BCUT2D eigenvalue weighted by molar-refractivity contribution is 0.268. The van der Waals surface area contributed by atoms with E-state index >= 15 is 0 Å². The van der Waals surface area contributed by atoms with E-state index in [9.17, 15) is 4.39 Å². The van der Waals surface area contributed by atoms with Crippen molar-refractivity contribution in [1.82, 2.24) is 14.8 Å². The highest BCUT2D eigenvalue weighted by Crippen LogP contribution is 2.17. The molecule has 4 nitrogen and oxygen atoms in total. The van der Waals surface area contributed by atoms with Crippen LogP contribution in [0.2, 0.25) is 0 Å². The number of aromatic nitrogens is 3. The molecule has 2 aromatic rings. The molecule has 0 radical (unpaired) electrons. The van der Waals surface area contributed by atoms with E-state index in [0.717, 1.165) is 5.56 Å². The molecule has 2 rings (SSSR count). The number of benzene rings is 1. The van der Waals surface area contributed by atoms with Gasteiger partial charge in [0.05, 0.1) is 5.69 Å². The van der Waals surface area contributed by atoms with Crippen LogP contribution in [0.15, 0.2) is 18.2 Å². The van der Waals surface area contributed by atoms with Crippen molar-refractivity contribution in [1.29, 1.82) is 0 Å². The van der Waals surface area contributed by atoms with Gasteiger partial charge in [-0.15, -0.1) is 0 Å². The van der Waals surface area contributed by atoms with Gasteiger partial charge in [-0.2, -0.15) is 5.10 Å². The van der Waals surface area contributed by atoms with E-state index in [-0.39, 0.29) is 12.4 Å². The number of nitrogens with zero attached hydrogens (tertiary/aromatic N) is 2. The van der Waals surface area contributed by atoms with E-state index < -0.39 is 0 Å². The summed E-state index contributed by atoms with van der Waals surface area (Å²) in [6, 6.07) is 4.39. The summed E-state index contributed by atoms with van der Waals surface area (Å²) in [5, 5.41) is 15.5. The van der Waals surface area contributed by atoms with Crippen molar-refractivity contribution in [3.8, 4) is 5.69 Å². The van der Waals surface area contributed by atoms with Gasteiger partial charge in [-0.1, -0.05) is 6.07 Å². The first kappa shape index (κ1) is 11.0. The van der Waals surface area contributed by atoms with Crippen LogP contribution in [-0.4, -0.2) is 19.9 Å². The van der Waals surface area contributed by atoms with Crippen LogP contribution in [0.25, 0.3) is 5.69 Å². The van der Waals surface area contributed by atoms with E-state index in [0.29, 0.717) is 16.3 Å². The van der Waals surface area contributed by atoms with Gasteiger partial charge < -0.3 is 5.11 Å². The number of nitrogens with one attached hydrogen (secondary N) is 1. The molecule has 0 aliphatic carbocycles. The van der Waals surface area contributed by atoms with Gasteiger partial charge in [-0.3, -0.25) is 9.67 Å². The second-order valence-electron chi connectivity index (χ2n) is 3.37. The van der Waals surface area contributed by atoms with Crippen LogP contribution in [0.1, 0.15) is 11.4 Å². The molecule has 0 aliphatic heterocycles. The Hall–Kier alpha value is -1.53. The molecule has 0 fully saturated rings. The van der Waals surface area contributed by atoms with Gasteiger partial charge in [0.15, 0.2) is 10.6 Å². The molecular weight excluding hydrogens is 229 g/mol. The monoisotopic (exact) mass is 239 g/mol. The second kappa shape index (κ2) is 4.15. The van der Waals surface area contributed by atoms with Crippen LogP contribution in [0.3, 0.4) is 0 Å². The molecule has 6 heteroatoms. The number of rotatable bonds is 2. The standard InChI is InChI=1S/C10H10FN3OS/c1-6-2-3-7(11)4-8(6)14-9(5-15)12-13-10(14)16/h2-4,15H,5H2,1H3,(H,13,16). The van der Waals surface area contributed by atoms with E-state index in [1.807, 2.05) is 6.92 Å². The van der Waals surface area contributed by atoms with Gasteiger partial charge in [0.25, 0.3) is 0 Å². The van der Waals surface area contributed by atoms with Gasteiger partial charge in [0.1, 0.15) is 12.4 Å². The van der Waals surface area contributed by atoms with Crippen molar-refractivity contribution < 1.29 is 9.50 Å². The van der Waals surface area contributed by atoms with Gasteiger partial charge in [-0.05, 0) is 36.8 Å². The maximum Gasteiger partial charge on any atom is 0.199 e. The molecule has 0 saturated carbocycles. The molecule has 0 saturated heterocycles. The minimum Gasteiger partial charge on any atom is -0.388 e. The zero-order valence-electron chi connectivity index (χ0n) is 8.57. The average Bonchev–Trinajstić information content (AvgIpc) is 2.63. The smallest absolute Gasteiger partial charge is 0.199 e. The number of aromatic amines is 1. The third kappa shape index (κ3) is 1.77. The number of hydrogen-bond donors (Lipinski definition) is 2. The Morgan fingerprint density at radius 3 is 3.00 bits per heavy atom. The molecule has 1 heterocycles. The lowest BCUT2D eigenvalue weighted by Crippen LogP contribution is -2.03. The summed E-state index contributed by atoms with van der Waals surface area (Å²) in [5.41, 5.74) is 1.44. The number of aryl methyl sites for hydroxylation is 1. The number of aliphatic hydroxyl groups excluding tert-OH is 1. The third-order valence-corrected chi connectivity index (χ3v) is 2.57. The average molecular weight is 239 g/mol. The first-order valence-electron chi connectivity index (χ1n) is 4.67. The maximum absolute atomic E-state index is 13.2. The fraction of sp³-hybridized carbons (Fsp3) is 0.200. The molecule has 2 N–H and O–H groups in total. The summed E-state index contributed by atoms with van der Waals surface area (Å²) in [6.45, 7) is 1.58. The van der Waals surface area contributed by atoms with Crippen LogP contribution in [0.5, 0.6) is 0 Å². The maximum atomic E-state index is 13.2. The van der Waals surface area contributed by atoms with Gasteiger partial charge >= 0.3 is 0 Å². The molecule has 1 aromatic carbocycles.